The quantitative estimate of drug-likeness (QED) is 0.609. The predicted octanol–water partition coefficient (Wildman–Crippen LogP) is 2.84. The van der Waals surface area contributed by atoms with Crippen LogP contribution in [0.4, 0.5) is 9.18 Å². The zero-order valence-corrected chi connectivity index (χ0v) is 16.2. The van der Waals surface area contributed by atoms with E-state index < -0.39 is 6.03 Å². The van der Waals surface area contributed by atoms with Crippen LogP contribution in [0.25, 0.3) is 5.69 Å². The van der Waals surface area contributed by atoms with Gasteiger partial charge >= 0.3 is 6.03 Å². The Hall–Kier alpha value is -3.20. The maximum atomic E-state index is 14.0. The van der Waals surface area contributed by atoms with Crippen LogP contribution in [0.5, 0.6) is 0 Å². The van der Waals surface area contributed by atoms with Crippen molar-refractivity contribution in [3.8, 4) is 5.69 Å². The van der Waals surface area contributed by atoms with E-state index in [0.29, 0.717) is 28.7 Å². The molecule has 1 aromatic heterocycles. The fourth-order valence-electron chi connectivity index (χ4n) is 3.14. The Morgan fingerprint density at radius 2 is 1.83 bits per heavy atom. The number of para-hydroxylation sites is 1. The molecule has 0 saturated carbocycles. The monoisotopic (exact) mass is 411 g/mol. The van der Waals surface area contributed by atoms with Crippen LogP contribution in [0, 0.1) is 5.82 Å². The van der Waals surface area contributed by atoms with Crippen LogP contribution in [0.3, 0.4) is 0 Å². The number of hydrogen-bond donors (Lipinski definition) is 2. The van der Waals surface area contributed by atoms with Gasteiger partial charge in [-0.05, 0) is 23.8 Å². The van der Waals surface area contributed by atoms with Crippen molar-refractivity contribution in [3.63, 3.8) is 0 Å². The molecule has 1 saturated heterocycles. The van der Waals surface area contributed by atoms with Crippen molar-refractivity contribution in [2.24, 2.45) is 0 Å². The van der Waals surface area contributed by atoms with E-state index in [0.717, 1.165) is 5.69 Å². The minimum absolute atomic E-state index is 0.172. The summed E-state index contributed by atoms with van der Waals surface area (Å²) in [6.45, 7) is 0. The second kappa shape index (κ2) is 8.44. The highest BCUT2D eigenvalue weighted by Crippen LogP contribution is 2.27. The molecule has 0 radical (unpaired) electrons. The number of hydrogen-bond acceptors (Lipinski definition) is 5. The van der Waals surface area contributed by atoms with Crippen LogP contribution in [0.2, 0.25) is 0 Å². The summed E-state index contributed by atoms with van der Waals surface area (Å²) in [5.41, 5.74) is 1.44. The molecule has 3 amide bonds. The van der Waals surface area contributed by atoms with E-state index in [1.807, 2.05) is 34.9 Å². The molecular formula is C20H18FN5O2S. The molecule has 9 heteroatoms. The van der Waals surface area contributed by atoms with E-state index in [1.165, 1.54) is 17.8 Å². The molecule has 0 bridgehead atoms. The van der Waals surface area contributed by atoms with Crippen molar-refractivity contribution < 1.29 is 14.0 Å². The van der Waals surface area contributed by atoms with Crippen molar-refractivity contribution in [3.05, 3.63) is 71.8 Å². The summed E-state index contributed by atoms with van der Waals surface area (Å²) < 4.78 is 15.8. The molecule has 0 aliphatic carbocycles. The van der Waals surface area contributed by atoms with E-state index in [2.05, 4.69) is 20.8 Å². The number of rotatable bonds is 6. The minimum atomic E-state index is -0.508. The number of imide groups is 1. The van der Waals surface area contributed by atoms with Crippen molar-refractivity contribution in [1.82, 2.24) is 25.4 Å². The number of urea groups is 1. The van der Waals surface area contributed by atoms with Crippen LogP contribution in [-0.2, 0) is 17.0 Å². The van der Waals surface area contributed by atoms with E-state index in [-0.39, 0.29) is 24.2 Å². The van der Waals surface area contributed by atoms with Gasteiger partial charge in [0.2, 0.25) is 5.91 Å². The summed E-state index contributed by atoms with van der Waals surface area (Å²) >= 11 is 1.38. The Morgan fingerprint density at radius 1 is 1.07 bits per heavy atom. The Kier molecular flexibility index (Phi) is 5.57. The fraction of sp³-hybridized carbons (Fsp3) is 0.200. The summed E-state index contributed by atoms with van der Waals surface area (Å²) in [4.78, 5) is 23.3. The number of benzene rings is 2. The first-order valence-corrected chi connectivity index (χ1v) is 10.0. The summed E-state index contributed by atoms with van der Waals surface area (Å²) in [5, 5.41) is 14.1. The van der Waals surface area contributed by atoms with Gasteiger partial charge in [0.25, 0.3) is 0 Å². The SMILES string of the molecule is O=C1CC(Cc2nnc(SCc3ccccc3F)n2-c2ccccc2)NC(=O)N1. The van der Waals surface area contributed by atoms with Gasteiger partial charge in [-0.2, -0.15) is 0 Å². The van der Waals surface area contributed by atoms with Crippen LogP contribution in [-0.4, -0.2) is 32.7 Å². The molecule has 7 nitrogen and oxygen atoms in total. The van der Waals surface area contributed by atoms with Crippen LogP contribution in [0.15, 0.2) is 59.8 Å². The summed E-state index contributed by atoms with van der Waals surface area (Å²) in [6.07, 6.45) is 0.520. The molecule has 148 valence electrons. The van der Waals surface area contributed by atoms with Gasteiger partial charge in [-0.15, -0.1) is 10.2 Å². The Balaban J connectivity index is 1.61. The topological polar surface area (TPSA) is 88.9 Å². The lowest BCUT2D eigenvalue weighted by atomic mass is 10.1. The third kappa shape index (κ3) is 4.45. The normalized spacial score (nSPS) is 16.4. The number of nitrogens with one attached hydrogen (secondary N) is 2. The van der Waals surface area contributed by atoms with Gasteiger partial charge in [-0.1, -0.05) is 48.2 Å². The second-order valence-corrected chi connectivity index (χ2v) is 7.52. The average molecular weight is 411 g/mol. The fourth-order valence-corrected chi connectivity index (χ4v) is 4.09. The number of aromatic nitrogens is 3. The molecule has 1 fully saturated rings. The van der Waals surface area contributed by atoms with Gasteiger partial charge in [0, 0.05) is 30.3 Å². The minimum Gasteiger partial charge on any atom is -0.334 e. The van der Waals surface area contributed by atoms with Crippen molar-refractivity contribution in [2.75, 3.05) is 0 Å². The molecule has 1 aliphatic rings. The van der Waals surface area contributed by atoms with E-state index >= 15 is 0 Å². The number of nitrogens with zero attached hydrogens (tertiary/aromatic N) is 3. The Morgan fingerprint density at radius 3 is 2.59 bits per heavy atom. The first kappa shape index (κ1) is 19.1. The van der Waals surface area contributed by atoms with Gasteiger partial charge in [-0.25, -0.2) is 9.18 Å². The van der Waals surface area contributed by atoms with Crippen molar-refractivity contribution >= 4 is 23.7 Å². The molecule has 1 atom stereocenters. The number of halogens is 1. The molecule has 1 unspecified atom stereocenters. The smallest absolute Gasteiger partial charge is 0.321 e. The maximum absolute atomic E-state index is 14.0. The zero-order valence-electron chi connectivity index (χ0n) is 15.3. The summed E-state index contributed by atoms with van der Waals surface area (Å²) in [7, 11) is 0. The lowest BCUT2D eigenvalue weighted by Crippen LogP contribution is -2.53. The third-order valence-electron chi connectivity index (χ3n) is 4.48. The first-order valence-electron chi connectivity index (χ1n) is 9.06. The van der Waals surface area contributed by atoms with Gasteiger partial charge in [0.15, 0.2) is 5.16 Å². The van der Waals surface area contributed by atoms with Crippen molar-refractivity contribution in [2.45, 2.75) is 29.8 Å². The number of carbonyl (C=O) groups excluding carboxylic acids is 2. The Bertz CT molecular complexity index is 1020. The average Bonchev–Trinajstić information content (AvgIpc) is 3.09. The van der Waals surface area contributed by atoms with Crippen LogP contribution < -0.4 is 10.6 Å². The lowest BCUT2D eigenvalue weighted by molar-refractivity contribution is -0.121. The Labute approximate surface area is 170 Å². The predicted molar refractivity (Wildman–Crippen MR) is 106 cm³/mol. The summed E-state index contributed by atoms with van der Waals surface area (Å²) in [5.74, 6) is 0.438. The highest BCUT2D eigenvalue weighted by Gasteiger charge is 2.26. The standard InChI is InChI=1S/C20H18FN5O2S/c21-16-9-5-4-6-13(16)12-29-20-25-24-17(26(20)15-7-2-1-3-8-15)10-14-11-18(27)23-19(28)22-14/h1-9,14H,10-12H2,(H2,22,23,27,28). The molecule has 29 heavy (non-hydrogen) atoms. The summed E-state index contributed by atoms with van der Waals surface area (Å²) in [6, 6.07) is 15.3. The number of amides is 3. The molecule has 2 heterocycles. The molecule has 3 aromatic rings. The largest absolute Gasteiger partial charge is 0.334 e. The number of thioether (sulfide) groups is 1. The van der Waals surface area contributed by atoms with Gasteiger partial charge < -0.3 is 5.32 Å². The maximum Gasteiger partial charge on any atom is 0.321 e. The third-order valence-corrected chi connectivity index (χ3v) is 5.46. The molecule has 1 aliphatic heterocycles. The first-order chi connectivity index (χ1) is 14.1. The van der Waals surface area contributed by atoms with Crippen LogP contribution >= 0.6 is 11.8 Å². The molecule has 2 aromatic carbocycles. The highest BCUT2D eigenvalue weighted by molar-refractivity contribution is 7.98. The second-order valence-electron chi connectivity index (χ2n) is 6.58. The van der Waals surface area contributed by atoms with Gasteiger partial charge in [0.05, 0.1) is 0 Å². The zero-order chi connectivity index (χ0) is 20.2. The van der Waals surface area contributed by atoms with Crippen LogP contribution in [0.1, 0.15) is 17.8 Å². The lowest BCUT2D eigenvalue weighted by Gasteiger charge is -2.23. The van der Waals surface area contributed by atoms with E-state index in [4.69, 9.17) is 0 Å². The molecular weight excluding hydrogens is 393 g/mol. The number of carbonyl (C=O) groups is 2. The van der Waals surface area contributed by atoms with E-state index in [1.54, 1.807) is 18.2 Å². The molecule has 4 rings (SSSR count). The molecule has 2 N–H and O–H groups in total. The highest BCUT2D eigenvalue weighted by atomic mass is 32.2. The van der Waals surface area contributed by atoms with Crippen molar-refractivity contribution in [1.29, 1.82) is 0 Å². The molecule has 0 spiro atoms. The van der Waals surface area contributed by atoms with E-state index in [9.17, 15) is 14.0 Å². The van der Waals surface area contributed by atoms with Gasteiger partial charge in [0.1, 0.15) is 11.6 Å². The van der Waals surface area contributed by atoms with Gasteiger partial charge in [-0.3, -0.25) is 14.7 Å².